The first kappa shape index (κ1) is 18.7. The fourth-order valence-electron chi connectivity index (χ4n) is 1.34. The van der Waals surface area contributed by atoms with E-state index in [1.807, 2.05) is 20.8 Å². The van der Waals surface area contributed by atoms with Crippen LogP contribution in [0.4, 0.5) is 0 Å². The molecule has 114 valence electrons. The summed E-state index contributed by atoms with van der Waals surface area (Å²) in [5.41, 5.74) is -0.447. The average molecular weight is 295 g/mol. The highest BCUT2D eigenvalue weighted by Gasteiger charge is 2.15. The molecule has 4 nitrogen and oxygen atoms in total. The molecule has 0 aromatic carbocycles. The van der Waals surface area contributed by atoms with E-state index in [0.717, 1.165) is 38.9 Å². The van der Waals surface area contributed by atoms with Gasteiger partial charge in [0, 0.05) is 25.7 Å². The van der Waals surface area contributed by atoms with Crippen molar-refractivity contribution in [3.63, 3.8) is 0 Å². The topological polar surface area (TPSA) is 44.8 Å². The molecule has 0 rings (SSSR count). The number of halogens is 1. The fraction of sp³-hybridized carbons (Fsp3) is 0.929. The summed E-state index contributed by atoms with van der Waals surface area (Å²) in [4.78, 5) is 11.3. The van der Waals surface area contributed by atoms with Crippen LogP contribution in [0.1, 0.15) is 46.5 Å². The summed E-state index contributed by atoms with van der Waals surface area (Å²) < 4.78 is 15.8. The summed E-state index contributed by atoms with van der Waals surface area (Å²) in [5.74, 6) is 0.381. The largest absolute Gasteiger partial charge is 0.458 e. The molecule has 0 atom stereocenters. The standard InChI is InChI=1S/C14H27ClO4/c1-14(2,3)19-13(16)12-18-11-7-6-10-17-9-5-4-8-15/h4-12H2,1-3H3. The minimum atomic E-state index is -0.447. The summed E-state index contributed by atoms with van der Waals surface area (Å²) in [5, 5.41) is 0. The Bertz CT molecular complexity index is 226. The van der Waals surface area contributed by atoms with Crippen molar-refractivity contribution < 1.29 is 19.0 Å². The first-order valence-corrected chi connectivity index (χ1v) is 7.42. The third-order valence-corrected chi connectivity index (χ3v) is 2.41. The molecule has 0 amide bonds. The molecule has 0 radical (unpaired) electrons. The van der Waals surface area contributed by atoms with Crippen molar-refractivity contribution in [2.45, 2.75) is 52.1 Å². The minimum Gasteiger partial charge on any atom is -0.458 e. The van der Waals surface area contributed by atoms with Crippen LogP contribution in [0.15, 0.2) is 0 Å². The molecule has 19 heavy (non-hydrogen) atoms. The van der Waals surface area contributed by atoms with Crippen LogP contribution in [0.25, 0.3) is 0 Å². The molecule has 0 saturated carbocycles. The molecule has 0 N–H and O–H groups in total. The number of hydrogen-bond donors (Lipinski definition) is 0. The van der Waals surface area contributed by atoms with E-state index in [0.29, 0.717) is 12.5 Å². The molecule has 0 unspecified atom stereocenters. The second kappa shape index (κ2) is 11.5. The summed E-state index contributed by atoms with van der Waals surface area (Å²) in [7, 11) is 0. The van der Waals surface area contributed by atoms with E-state index in [1.54, 1.807) is 0 Å². The zero-order valence-electron chi connectivity index (χ0n) is 12.4. The molecule has 0 bridgehead atoms. The van der Waals surface area contributed by atoms with Gasteiger partial charge in [-0.3, -0.25) is 0 Å². The van der Waals surface area contributed by atoms with Crippen molar-refractivity contribution in [2.75, 3.05) is 32.3 Å². The molecule has 0 heterocycles. The fourth-order valence-corrected chi connectivity index (χ4v) is 1.52. The van der Waals surface area contributed by atoms with Gasteiger partial charge in [0.25, 0.3) is 0 Å². The van der Waals surface area contributed by atoms with E-state index in [9.17, 15) is 4.79 Å². The van der Waals surface area contributed by atoms with Crippen molar-refractivity contribution >= 4 is 17.6 Å². The van der Waals surface area contributed by atoms with Gasteiger partial charge in [0.1, 0.15) is 12.2 Å². The van der Waals surface area contributed by atoms with Crippen LogP contribution in [0.3, 0.4) is 0 Å². The van der Waals surface area contributed by atoms with Crippen molar-refractivity contribution in [1.82, 2.24) is 0 Å². The van der Waals surface area contributed by atoms with Gasteiger partial charge >= 0.3 is 5.97 Å². The van der Waals surface area contributed by atoms with E-state index in [1.165, 1.54) is 0 Å². The maximum Gasteiger partial charge on any atom is 0.332 e. The Labute approximate surface area is 121 Å². The summed E-state index contributed by atoms with van der Waals surface area (Å²) >= 11 is 5.55. The zero-order chi connectivity index (χ0) is 14.6. The van der Waals surface area contributed by atoms with Crippen LogP contribution >= 0.6 is 11.6 Å². The molecule has 0 aliphatic rings. The maximum absolute atomic E-state index is 11.3. The zero-order valence-corrected chi connectivity index (χ0v) is 13.1. The molecular weight excluding hydrogens is 268 g/mol. The number of carbonyl (C=O) groups excluding carboxylic acids is 1. The van der Waals surface area contributed by atoms with Gasteiger partial charge in [-0.15, -0.1) is 11.6 Å². The molecule has 0 aromatic heterocycles. The van der Waals surface area contributed by atoms with E-state index >= 15 is 0 Å². The molecule has 0 aliphatic heterocycles. The lowest BCUT2D eigenvalue weighted by Crippen LogP contribution is -2.26. The monoisotopic (exact) mass is 294 g/mol. The summed E-state index contributed by atoms with van der Waals surface area (Å²) in [6, 6.07) is 0. The van der Waals surface area contributed by atoms with Gasteiger partial charge in [0.15, 0.2) is 0 Å². The van der Waals surface area contributed by atoms with Crippen molar-refractivity contribution in [3.05, 3.63) is 0 Å². The van der Waals surface area contributed by atoms with E-state index in [4.69, 9.17) is 25.8 Å². The predicted octanol–water partition coefficient (Wildman–Crippen LogP) is 3.16. The third kappa shape index (κ3) is 15.6. The van der Waals surface area contributed by atoms with Crippen LogP contribution in [-0.2, 0) is 19.0 Å². The Kier molecular flexibility index (Phi) is 11.3. The van der Waals surface area contributed by atoms with Crippen molar-refractivity contribution in [2.24, 2.45) is 0 Å². The van der Waals surface area contributed by atoms with Crippen LogP contribution in [0.2, 0.25) is 0 Å². The quantitative estimate of drug-likeness (QED) is 0.333. The lowest BCUT2D eigenvalue weighted by Gasteiger charge is -2.19. The SMILES string of the molecule is CC(C)(C)OC(=O)COCCCCOCCCCCl. The molecule has 5 heteroatoms. The number of alkyl halides is 1. The van der Waals surface area contributed by atoms with E-state index in [2.05, 4.69) is 0 Å². The Hall–Kier alpha value is -0.320. The van der Waals surface area contributed by atoms with Gasteiger partial charge < -0.3 is 14.2 Å². The maximum atomic E-state index is 11.3. The number of carbonyl (C=O) groups is 1. The number of hydrogen-bond acceptors (Lipinski definition) is 4. The molecular formula is C14H27ClO4. The van der Waals surface area contributed by atoms with Crippen molar-refractivity contribution in [1.29, 1.82) is 0 Å². The van der Waals surface area contributed by atoms with Crippen LogP contribution in [-0.4, -0.2) is 43.9 Å². The summed E-state index contributed by atoms with van der Waals surface area (Å²) in [6.07, 6.45) is 3.84. The number of esters is 1. The average Bonchev–Trinajstić information content (AvgIpc) is 2.29. The molecule has 0 fully saturated rings. The van der Waals surface area contributed by atoms with Gasteiger partial charge in [-0.2, -0.15) is 0 Å². The lowest BCUT2D eigenvalue weighted by molar-refractivity contribution is -0.160. The van der Waals surface area contributed by atoms with Gasteiger partial charge in [0.2, 0.25) is 0 Å². The first-order chi connectivity index (χ1) is 8.95. The van der Waals surface area contributed by atoms with Gasteiger partial charge in [-0.25, -0.2) is 4.79 Å². The molecule has 0 saturated heterocycles. The lowest BCUT2D eigenvalue weighted by atomic mass is 10.2. The Morgan fingerprint density at radius 2 is 1.47 bits per heavy atom. The second-order valence-electron chi connectivity index (χ2n) is 5.35. The smallest absolute Gasteiger partial charge is 0.332 e. The summed E-state index contributed by atoms with van der Waals surface area (Å²) in [6.45, 7) is 7.60. The minimum absolute atomic E-state index is 0.0217. The second-order valence-corrected chi connectivity index (χ2v) is 5.73. The third-order valence-electron chi connectivity index (χ3n) is 2.14. The normalized spacial score (nSPS) is 11.6. The number of unbranched alkanes of at least 4 members (excludes halogenated alkanes) is 2. The number of ether oxygens (including phenoxy) is 3. The highest BCUT2D eigenvalue weighted by atomic mass is 35.5. The Morgan fingerprint density at radius 3 is 2.00 bits per heavy atom. The van der Waals surface area contributed by atoms with E-state index < -0.39 is 5.60 Å². The molecule has 0 spiro atoms. The first-order valence-electron chi connectivity index (χ1n) is 6.89. The van der Waals surface area contributed by atoms with E-state index in [-0.39, 0.29) is 12.6 Å². The van der Waals surface area contributed by atoms with Crippen molar-refractivity contribution in [3.8, 4) is 0 Å². The molecule has 0 aromatic rings. The highest BCUT2D eigenvalue weighted by molar-refractivity contribution is 6.17. The van der Waals surface area contributed by atoms with Gasteiger partial charge in [0.05, 0.1) is 0 Å². The van der Waals surface area contributed by atoms with Gasteiger partial charge in [-0.05, 0) is 46.5 Å². The highest BCUT2D eigenvalue weighted by Crippen LogP contribution is 2.06. The van der Waals surface area contributed by atoms with Crippen LogP contribution < -0.4 is 0 Å². The molecule has 0 aliphatic carbocycles. The van der Waals surface area contributed by atoms with Crippen LogP contribution in [0.5, 0.6) is 0 Å². The van der Waals surface area contributed by atoms with Crippen LogP contribution in [0, 0.1) is 0 Å². The number of rotatable bonds is 11. The Morgan fingerprint density at radius 1 is 0.947 bits per heavy atom. The Balaban J connectivity index is 3.21. The van der Waals surface area contributed by atoms with Gasteiger partial charge in [-0.1, -0.05) is 0 Å². The predicted molar refractivity (Wildman–Crippen MR) is 76.7 cm³/mol.